The van der Waals surface area contributed by atoms with E-state index >= 15 is 0 Å². The molecule has 0 N–H and O–H groups in total. The van der Waals surface area contributed by atoms with Gasteiger partial charge in [0.25, 0.3) is 0 Å². The smallest absolute Gasteiger partial charge is 0.230 e. The van der Waals surface area contributed by atoms with Crippen LogP contribution in [0.15, 0.2) is 53.4 Å². The Balaban J connectivity index is 1.14. The van der Waals surface area contributed by atoms with Gasteiger partial charge in [-0.2, -0.15) is 0 Å². The van der Waals surface area contributed by atoms with Gasteiger partial charge in [-0.25, -0.2) is 8.42 Å². The molecule has 0 radical (unpaired) electrons. The maximum absolute atomic E-state index is 12.9. The number of fused-ring (bicyclic) bond motifs is 1. The minimum Gasteiger partial charge on any atom is -0.340 e. The van der Waals surface area contributed by atoms with E-state index < -0.39 is 9.84 Å². The van der Waals surface area contributed by atoms with Crippen molar-refractivity contribution < 1.29 is 18.0 Å². The standard InChI is InChI=1S/C26H31N3O4S/c30-25(28-15-13-27(14-16-28)19-20-4-2-1-3-5-20)11-17-34(32,33)23-8-9-24-22(18-23)10-12-29(24)26(31)21-6-7-21/h1-5,8-9,18,21H,6-7,10-17,19H2. The van der Waals surface area contributed by atoms with Crippen LogP contribution in [0, 0.1) is 5.92 Å². The third-order valence-electron chi connectivity index (χ3n) is 7.06. The summed E-state index contributed by atoms with van der Waals surface area (Å²) < 4.78 is 25.9. The Morgan fingerprint density at radius 1 is 0.912 bits per heavy atom. The summed E-state index contributed by atoms with van der Waals surface area (Å²) in [7, 11) is -3.57. The summed E-state index contributed by atoms with van der Waals surface area (Å²) in [4.78, 5) is 31.3. The molecule has 5 rings (SSSR count). The molecule has 2 aliphatic heterocycles. The molecule has 2 aromatic carbocycles. The van der Waals surface area contributed by atoms with Crippen molar-refractivity contribution >= 4 is 27.3 Å². The van der Waals surface area contributed by atoms with E-state index in [0.717, 1.165) is 43.7 Å². The van der Waals surface area contributed by atoms with E-state index in [2.05, 4.69) is 17.0 Å². The van der Waals surface area contributed by atoms with Gasteiger partial charge >= 0.3 is 0 Å². The molecule has 0 unspecified atom stereocenters. The van der Waals surface area contributed by atoms with Gasteiger partial charge in [0, 0.05) is 57.3 Å². The summed E-state index contributed by atoms with van der Waals surface area (Å²) in [5.74, 6) is -0.00534. The number of hydrogen-bond acceptors (Lipinski definition) is 5. The maximum atomic E-state index is 12.9. The average Bonchev–Trinajstić information content (AvgIpc) is 3.62. The van der Waals surface area contributed by atoms with E-state index in [-0.39, 0.29) is 34.8 Å². The largest absolute Gasteiger partial charge is 0.340 e. The van der Waals surface area contributed by atoms with Crippen molar-refractivity contribution in [2.45, 2.75) is 37.1 Å². The first-order chi connectivity index (χ1) is 16.4. The molecule has 1 saturated heterocycles. The van der Waals surface area contributed by atoms with E-state index in [1.54, 1.807) is 28.0 Å². The Morgan fingerprint density at radius 2 is 1.65 bits per heavy atom. The number of anilines is 1. The molecule has 1 saturated carbocycles. The van der Waals surface area contributed by atoms with Crippen LogP contribution in [0.1, 0.15) is 30.4 Å². The molecule has 34 heavy (non-hydrogen) atoms. The fourth-order valence-electron chi connectivity index (χ4n) is 4.85. The lowest BCUT2D eigenvalue weighted by atomic mass is 10.2. The third-order valence-corrected chi connectivity index (χ3v) is 8.77. The highest BCUT2D eigenvalue weighted by Gasteiger charge is 2.36. The number of rotatable bonds is 7. The van der Waals surface area contributed by atoms with Crippen molar-refractivity contribution in [1.82, 2.24) is 9.80 Å². The summed E-state index contributed by atoms with van der Waals surface area (Å²) >= 11 is 0. The number of hydrogen-bond donors (Lipinski definition) is 0. The van der Waals surface area contributed by atoms with Gasteiger partial charge in [-0.15, -0.1) is 0 Å². The number of benzene rings is 2. The van der Waals surface area contributed by atoms with Crippen LogP contribution < -0.4 is 4.90 Å². The van der Waals surface area contributed by atoms with Crippen LogP contribution in [0.2, 0.25) is 0 Å². The van der Waals surface area contributed by atoms with E-state index in [0.29, 0.717) is 26.1 Å². The molecule has 3 aliphatic rings. The van der Waals surface area contributed by atoms with Gasteiger partial charge in [-0.1, -0.05) is 30.3 Å². The Bertz CT molecular complexity index is 1170. The van der Waals surface area contributed by atoms with E-state index in [1.165, 1.54) is 5.56 Å². The second kappa shape index (κ2) is 9.50. The third kappa shape index (κ3) is 5.03. The van der Waals surface area contributed by atoms with Gasteiger partial charge in [0.1, 0.15) is 0 Å². The predicted molar refractivity (Wildman–Crippen MR) is 130 cm³/mol. The summed E-state index contributed by atoms with van der Waals surface area (Å²) in [6.45, 7) is 4.29. The first kappa shape index (κ1) is 23.1. The van der Waals surface area contributed by atoms with Crippen molar-refractivity contribution in [3.63, 3.8) is 0 Å². The van der Waals surface area contributed by atoms with Gasteiger partial charge in [0.05, 0.1) is 10.6 Å². The van der Waals surface area contributed by atoms with Crippen LogP contribution in [0.5, 0.6) is 0 Å². The van der Waals surface area contributed by atoms with E-state index in [1.807, 2.05) is 18.2 Å². The first-order valence-electron chi connectivity index (χ1n) is 12.1. The van der Waals surface area contributed by atoms with E-state index in [4.69, 9.17) is 0 Å². The number of piperazine rings is 1. The number of carbonyl (C=O) groups is 2. The highest BCUT2D eigenvalue weighted by atomic mass is 32.2. The summed E-state index contributed by atoms with van der Waals surface area (Å²) in [5, 5.41) is 0. The second-order valence-electron chi connectivity index (χ2n) is 9.52. The van der Waals surface area contributed by atoms with Crippen molar-refractivity contribution in [3.8, 4) is 0 Å². The number of sulfone groups is 1. The normalized spacial score (nSPS) is 18.7. The lowest BCUT2D eigenvalue weighted by Crippen LogP contribution is -2.48. The van der Waals surface area contributed by atoms with Crippen LogP contribution in [-0.4, -0.2) is 68.5 Å². The van der Waals surface area contributed by atoms with Gasteiger partial charge in [-0.05, 0) is 48.6 Å². The first-order valence-corrected chi connectivity index (χ1v) is 13.8. The molecule has 7 nitrogen and oxygen atoms in total. The summed E-state index contributed by atoms with van der Waals surface area (Å²) in [6.07, 6.45) is 2.56. The zero-order valence-corrected chi connectivity index (χ0v) is 20.2. The van der Waals surface area contributed by atoms with Gasteiger partial charge in [0.15, 0.2) is 9.84 Å². The van der Waals surface area contributed by atoms with Gasteiger partial charge in [0.2, 0.25) is 11.8 Å². The molecule has 0 atom stereocenters. The minimum absolute atomic E-state index is 0.00953. The molecule has 2 amide bonds. The molecule has 1 aliphatic carbocycles. The van der Waals surface area contributed by atoms with Crippen LogP contribution in [-0.2, 0) is 32.4 Å². The Labute approximate surface area is 201 Å². The quantitative estimate of drug-likeness (QED) is 0.607. The number of carbonyl (C=O) groups excluding carboxylic acids is 2. The number of amides is 2. The lowest BCUT2D eigenvalue weighted by Gasteiger charge is -2.34. The maximum Gasteiger partial charge on any atom is 0.230 e. The van der Waals surface area contributed by atoms with Crippen molar-refractivity contribution in [2.24, 2.45) is 5.92 Å². The van der Waals surface area contributed by atoms with Crippen LogP contribution in [0.25, 0.3) is 0 Å². The molecule has 0 aromatic heterocycles. The van der Waals surface area contributed by atoms with Crippen molar-refractivity contribution in [1.29, 1.82) is 0 Å². The SMILES string of the molecule is O=C(CCS(=O)(=O)c1ccc2c(c1)CCN2C(=O)C1CC1)N1CCN(Cc2ccccc2)CC1. The highest BCUT2D eigenvalue weighted by Crippen LogP contribution is 2.37. The molecule has 2 heterocycles. The summed E-state index contributed by atoms with van der Waals surface area (Å²) in [6, 6.07) is 15.3. The fraction of sp³-hybridized carbons (Fsp3) is 0.462. The zero-order chi connectivity index (χ0) is 23.7. The predicted octanol–water partition coefficient (Wildman–Crippen LogP) is 2.49. The highest BCUT2D eigenvalue weighted by molar-refractivity contribution is 7.91. The topological polar surface area (TPSA) is 78.0 Å². The van der Waals surface area contributed by atoms with Crippen molar-refractivity contribution in [2.75, 3.05) is 43.4 Å². The average molecular weight is 482 g/mol. The molecule has 8 heteroatoms. The van der Waals surface area contributed by atoms with E-state index in [9.17, 15) is 18.0 Å². The Morgan fingerprint density at radius 3 is 2.35 bits per heavy atom. The van der Waals surface area contributed by atoms with Crippen LogP contribution >= 0.6 is 0 Å². The molecule has 2 aromatic rings. The Kier molecular flexibility index (Phi) is 6.44. The van der Waals surface area contributed by atoms with Crippen LogP contribution in [0.3, 0.4) is 0 Å². The zero-order valence-electron chi connectivity index (χ0n) is 19.4. The fourth-order valence-corrected chi connectivity index (χ4v) is 6.12. The molecular weight excluding hydrogens is 450 g/mol. The van der Waals surface area contributed by atoms with Crippen molar-refractivity contribution in [3.05, 3.63) is 59.7 Å². The lowest BCUT2D eigenvalue weighted by molar-refractivity contribution is -0.132. The second-order valence-corrected chi connectivity index (χ2v) is 11.6. The van der Waals surface area contributed by atoms with Gasteiger partial charge < -0.3 is 9.80 Å². The molecule has 2 fully saturated rings. The molecule has 0 spiro atoms. The number of nitrogens with zero attached hydrogens (tertiary/aromatic N) is 3. The molecular formula is C26H31N3O4S. The molecule has 180 valence electrons. The molecule has 0 bridgehead atoms. The minimum atomic E-state index is -3.57. The van der Waals surface area contributed by atoms with Gasteiger partial charge in [-0.3, -0.25) is 14.5 Å². The Hall–Kier alpha value is -2.71. The monoisotopic (exact) mass is 481 g/mol. The summed E-state index contributed by atoms with van der Waals surface area (Å²) in [5.41, 5.74) is 2.99. The van der Waals surface area contributed by atoms with Crippen LogP contribution in [0.4, 0.5) is 5.69 Å².